The molecule has 2 amide bonds. The van der Waals surface area contributed by atoms with Gasteiger partial charge in [0.25, 0.3) is 11.8 Å². The molecule has 2 aromatic carbocycles. The SMILES string of the molecule is CC1(C(=O)C2C(O)C(=O)N(c3cccc(Cl)c3)C23C(=O)Nc2cc(Cl)ccc23)CC1. The van der Waals surface area contributed by atoms with Crippen molar-refractivity contribution in [3.63, 3.8) is 0 Å². The average Bonchev–Trinajstić information content (AvgIpc) is 3.33. The second-order valence-corrected chi connectivity index (χ2v) is 9.28. The fraction of sp³-hybridized carbons (Fsp3) is 0.318. The molecule has 0 aromatic heterocycles. The van der Waals surface area contributed by atoms with Crippen molar-refractivity contribution in [2.45, 2.75) is 31.4 Å². The molecule has 2 aromatic rings. The van der Waals surface area contributed by atoms with E-state index in [0.717, 1.165) is 0 Å². The molecule has 2 heterocycles. The summed E-state index contributed by atoms with van der Waals surface area (Å²) < 4.78 is 0. The highest BCUT2D eigenvalue weighted by Crippen LogP contribution is 2.58. The van der Waals surface area contributed by atoms with E-state index < -0.39 is 34.8 Å². The van der Waals surface area contributed by atoms with E-state index in [2.05, 4.69) is 5.32 Å². The minimum atomic E-state index is -1.72. The maximum absolute atomic E-state index is 13.5. The van der Waals surface area contributed by atoms with Gasteiger partial charge in [-0.25, -0.2) is 0 Å². The van der Waals surface area contributed by atoms with Gasteiger partial charge in [0.05, 0.1) is 5.92 Å². The smallest absolute Gasteiger partial charge is 0.257 e. The van der Waals surface area contributed by atoms with E-state index in [-0.39, 0.29) is 5.78 Å². The predicted octanol–water partition coefficient (Wildman–Crippen LogP) is 3.53. The van der Waals surface area contributed by atoms with Crippen LogP contribution in [0.2, 0.25) is 10.0 Å². The van der Waals surface area contributed by atoms with Crippen molar-refractivity contribution in [3.8, 4) is 0 Å². The molecule has 3 aliphatic rings. The lowest BCUT2D eigenvalue weighted by Crippen LogP contribution is -2.54. The fourth-order valence-electron chi connectivity index (χ4n) is 4.73. The summed E-state index contributed by atoms with van der Waals surface area (Å²) in [5.41, 5.74) is -1.19. The van der Waals surface area contributed by atoms with Gasteiger partial charge in [-0.2, -0.15) is 0 Å². The summed E-state index contributed by atoms with van der Waals surface area (Å²) in [5, 5.41) is 14.5. The van der Waals surface area contributed by atoms with Crippen LogP contribution in [-0.2, 0) is 19.9 Å². The normalized spacial score (nSPS) is 28.6. The van der Waals surface area contributed by atoms with Crippen molar-refractivity contribution in [1.82, 2.24) is 0 Å². The second-order valence-electron chi connectivity index (χ2n) is 8.41. The van der Waals surface area contributed by atoms with Crippen LogP contribution in [0.1, 0.15) is 25.3 Å². The highest BCUT2D eigenvalue weighted by molar-refractivity contribution is 6.32. The Morgan fingerprint density at radius 3 is 2.50 bits per heavy atom. The van der Waals surface area contributed by atoms with Gasteiger partial charge >= 0.3 is 0 Å². The highest BCUT2D eigenvalue weighted by Gasteiger charge is 2.71. The van der Waals surface area contributed by atoms with Gasteiger partial charge in [-0.1, -0.05) is 42.3 Å². The van der Waals surface area contributed by atoms with Crippen LogP contribution in [0, 0.1) is 11.3 Å². The first-order valence-corrected chi connectivity index (χ1v) is 10.4. The number of nitrogens with zero attached hydrogens (tertiary/aromatic N) is 1. The Labute approximate surface area is 182 Å². The van der Waals surface area contributed by atoms with Crippen molar-refractivity contribution < 1.29 is 19.5 Å². The van der Waals surface area contributed by atoms with Gasteiger partial charge in [0.2, 0.25) is 0 Å². The van der Waals surface area contributed by atoms with Crippen LogP contribution in [0.5, 0.6) is 0 Å². The molecule has 1 aliphatic carbocycles. The maximum Gasteiger partial charge on any atom is 0.257 e. The molecule has 30 heavy (non-hydrogen) atoms. The predicted molar refractivity (Wildman–Crippen MR) is 113 cm³/mol. The van der Waals surface area contributed by atoms with Crippen LogP contribution < -0.4 is 10.2 Å². The number of benzene rings is 2. The lowest BCUT2D eigenvalue weighted by atomic mass is 9.72. The van der Waals surface area contributed by atoms with E-state index in [1.807, 2.05) is 0 Å². The van der Waals surface area contributed by atoms with Crippen molar-refractivity contribution in [2.75, 3.05) is 10.2 Å². The Morgan fingerprint density at radius 1 is 1.13 bits per heavy atom. The molecular formula is C22H18Cl2N2O4. The number of aliphatic hydroxyl groups excluding tert-OH is 1. The van der Waals surface area contributed by atoms with Crippen molar-refractivity contribution >= 4 is 52.2 Å². The zero-order valence-electron chi connectivity index (χ0n) is 16.0. The van der Waals surface area contributed by atoms with Crippen LogP contribution in [0.3, 0.4) is 0 Å². The van der Waals surface area contributed by atoms with Crippen LogP contribution >= 0.6 is 23.2 Å². The molecule has 5 rings (SSSR count). The first-order chi connectivity index (χ1) is 14.2. The molecule has 0 radical (unpaired) electrons. The van der Waals surface area contributed by atoms with Gasteiger partial charge < -0.3 is 10.4 Å². The number of Topliss-reactive ketones (excluding diaryl/α,β-unsaturated/α-hetero) is 1. The Balaban J connectivity index is 1.81. The number of carbonyl (C=O) groups excluding carboxylic acids is 3. The molecule has 154 valence electrons. The zero-order valence-corrected chi connectivity index (χ0v) is 17.5. The van der Waals surface area contributed by atoms with Crippen LogP contribution in [0.4, 0.5) is 11.4 Å². The third kappa shape index (κ3) is 2.44. The molecule has 0 bridgehead atoms. The summed E-state index contributed by atoms with van der Waals surface area (Å²) in [6, 6.07) is 11.3. The number of carbonyl (C=O) groups is 3. The number of halogens is 2. The molecule has 2 aliphatic heterocycles. The summed E-state index contributed by atoms with van der Waals surface area (Å²) in [7, 11) is 0. The van der Waals surface area contributed by atoms with Crippen LogP contribution in [-0.4, -0.2) is 28.8 Å². The number of amides is 2. The molecule has 2 fully saturated rings. The lowest BCUT2D eigenvalue weighted by Gasteiger charge is -2.37. The van der Waals surface area contributed by atoms with Gasteiger partial charge in [-0.15, -0.1) is 0 Å². The third-order valence-electron chi connectivity index (χ3n) is 6.52. The quantitative estimate of drug-likeness (QED) is 0.757. The monoisotopic (exact) mass is 444 g/mol. The molecule has 1 saturated carbocycles. The number of ketones is 1. The summed E-state index contributed by atoms with van der Waals surface area (Å²) in [4.78, 5) is 41.7. The van der Waals surface area contributed by atoms with Crippen molar-refractivity contribution in [2.24, 2.45) is 11.3 Å². The third-order valence-corrected chi connectivity index (χ3v) is 6.99. The Kier molecular flexibility index (Phi) is 4.10. The van der Waals surface area contributed by atoms with E-state index in [0.29, 0.717) is 39.8 Å². The van der Waals surface area contributed by atoms with Crippen molar-refractivity contribution in [1.29, 1.82) is 0 Å². The number of aliphatic hydroxyl groups is 1. The molecule has 3 unspecified atom stereocenters. The summed E-state index contributed by atoms with van der Waals surface area (Å²) in [6.45, 7) is 1.80. The average molecular weight is 445 g/mol. The minimum Gasteiger partial charge on any atom is -0.382 e. The van der Waals surface area contributed by atoms with E-state index in [1.54, 1.807) is 49.4 Å². The number of hydrogen-bond donors (Lipinski definition) is 2. The molecule has 6 nitrogen and oxygen atoms in total. The lowest BCUT2D eigenvalue weighted by molar-refractivity contribution is -0.139. The fourth-order valence-corrected chi connectivity index (χ4v) is 5.08. The van der Waals surface area contributed by atoms with E-state index in [1.165, 1.54) is 4.90 Å². The van der Waals surface area contributed by atoms with Gasteiger partial charge in [0.15, 0.2) is 5.54 Å². The first-order valence-electron chi connectivity index (χ1n) is 9.64. The minimum absolute atomic E-state index is 0.286. The van der Waals surface area contributed by atoms with E-state index >= 15 is 0 Å². The molecule has 2 N–H and O–H groups in total. The largest absolute Gasteiger partial charge is 0.382 e. The Hall–Kier alpha value is -2.41. The molecule has 1 spiro atoms. The number of fused-ring (bicyclic) bond motifs is 2. The number of rotatable bonds is 3. The summed E-state index contributed by atoms with van der Waals surface area (Å²) >= 11 is 12.3. The van der Waals surface area contributed by atoms with Gasteiger partial charge in [-0.05, 0) is 43.2 Å². The van der Waals surface area contributed by atoms with Gasteiger partial charge in [-0.3, -0.25) is 19.3 Å². The van der Waals surface area contributed by atoms with Gasteiger partial charge in [0, 0.05) is 32.4 Å². The summed E-state index contributed by atoms with van der Waals surface area (Å²) in [6.07, 6.45) is -0.335. The second kappa shape index (κ2) is 6.30. The highest BCUT2D eigenvalue weighted by atomic mass is 35.5. The zero-order chi connectivity index (χ0) is 21.4. The molecule has 3 atom stereocenters. The maximum atomic E-state index is 13.5. The Morgan fingerprint density at radius 2 is 1.83 bits per heavy atom. The van der Waals surface area contributed by atoms with Crippen LogP contribution in [0.15, 0.2) is 42.5 Å². The van der Waals surface area contributed by atoms with Crippen molar-refractivity contribution in [3.05, 3.63) is 58.1 Å². The van der Waals surface area contributed by atoms with E-state index in [9.17, 15) is 19.5 Å². The Bertz CT molecular complexity index is 1130. The molecule has 8 heteroatoms. The van der Waals surface area contributed by atoms with Gasteiger partial charge in [0.1, 0.15) is 11.9 Å². The number of nitrogens with one attached hydrogen (secondary N) is 1. The topological polar surface area (TPSA) is 86.7 Å². The van der Waals surface area contributed by atoms with E-state index in [4.69, 9.17) is 23.2 Å². The number of hydrogen-bond acceptors (Lipinski definition) is 4. The molecular weight excluding hydrogens is 427 g/mol. The standard InChI is InChI=1S/C22H18Cl2N2O4/c1-21(7-8-21)18(28)16-17(27)19(29)26(13-4-2-3-11(23)9-13)22(16)14-6-5-12(24)10-15(14)25-20(22)30/h2-6,9-10,16-17,27H,7-8H2,1H3,(H,25,30). The molecule has 1 saturated heterocycles. The number of anilines is 2. The van der Waals surface area contributed by atoms with Crippen LogP contribution in [0.25, 0.3) is 0 Å². The summed E-state index contributed by atoms with van der Waals surface area (Å²) in [5.74, 6) is -2.80. The first kappa shape index (κ1) is 19.5.